The summed E-state index contributed by atoms with van der Waals surface area (Å²) in [5.41, 5.74) is 2.84. The fourth-order valence-electron chi connectivity index (χ4n) is 3.18. The number of pyridine rings is 1. The van der Waals surface area contributed by atoms with Gasteiger partial charge in [-0.1, -0.05) is 0 Å². The number of anilines is 3. The molecule has 1 fully saturated rings. The summed E-state index contributed by atoms with van der Waals surface area (Å²) in [6, 6.07) is 12.1. The Morgan fingerprint density at radius 1 is 1.11 bits per heavy atom. The van der Waals surface area contributed by atoms with Crippen LogP contribution in [-0.2, 0) is 0 Å². The van der Waals surface area contributed by atoms with Crippen molar-refractivity contribution >= 4 is 23.1 Å². The minimum atomic E-state index is -0.0808. The van der Waals surface area contributed by atoms with Gasteiger partial charge in [0.1, 0.15) is 5.82 Å². The van der Waals surface area contributed by atoms with E-state index in [0.717, 1.165) is 37.6 Å². The number of carbonyl (C=O) groups excluding carboxylic acids is 1. The largest absolute Gasteiger partial charge is 0.372 e. The van der Waals surface area contributed by atoms with Crippen molar-refractivity contribution in [1.82, 2.24) is 15.2 Å². The van der Waals surface area contributed by atoms with Gasteiger partial charge in [0.25, 0.3) is 5.91 Å². The summed E-state index contributed by atoms with van der Waals surface area (Å²) in [4.78, 5) is 21.0. The molecule has 0 aliphatic carbocycles. The van der Waals surface area contributed by atoms with E-state index in [1.54, 1.807) is 12.3 Å². The fourth-order valence-corrected chi connectivity index (χ4v) is 3.18. The first-order chi connectivity index (χ1) is 13.1. The molecular formula is C21H29N5O. The molecule has 0 unspecified atom stereocenters. The third-order valence-corrected chi connectivity index (χ3v) is 4.70. The van der Waals surface area contributed by atoms with Crippen molar-refractivity contribution < 1.29 is 4.79 Å². The first-order valence-corrected chi connectivity index (χ1v) is 9.63. The van der Waals surface area contributed by atoms with E-state index in [1.807, 2.05) is 20.2 Å². The molecule has 0 bridgehead atoms. The molecule has 6 heteroatoms. The second-order valence-electron chi connectivity index (χ2n) is 7.21. The van der Waals surface area contributed by atoms with Gasteiger partial charge in [-0.15, -0.1) is 0 Å². The van der Waals surface area contributed by atoms with E-state index in [4.69, 9.17) is 0 Å². The Labute approximate surface area is 161 Å². The number of amides is 1. The van der Waals surface area contributed by atoms with Gasteiger partial charge in [0.2, 0.25) is 0 Å². The lowest BCUT2D eigenvalue weighted by Crippen LogP contribution is -2.27. The van der Waals surface area contributed by atoms with Crippen LogP contribution in [0.4, 0.5) is 17.2 Å². The van der Waals surface area contributed by atoms with E-state index in [1.165, 1.54) is 18.5 Å². The number of aromatic nitrogens is 1. The van der Waals surface area contributed by atoms with Gasteiger partial charge in [-0.2, -0.15) is 0 Å². The molecule has 0 radical (unpaired) electrons. The maximum atomic E-state index is 12.1. The minimum Gasteiger partial charge on any atom is -0.372 e. The molecule has 2 aromatic rings. The third kappa shape index (κ3) is 5.69. The molecule has 0 saturated carbocycles. The second-order valence-corrected chi connectivity index (χ2v) is 7.21. The van der Waals surface area contributed by atoms with Crippen molar-refractivity contribution in [2.75, 3.05) is 50.5 Å². The highest BCUT2D eigenvalue weighted by Crippen LogP contribution is 2.23. The van der Waals surface area contributed by atoms with Crippen LogP contribution >= 0.6 is 0 Å². The molecule has 1 saturated heterocycles. The molecule has 1 aromatic carbocycles. The maximum Gasteiger partial charge on any atom is 0.252 e. The average Bonchev–Trinajstić information content (AvgIpc) is 3.21. The van der Waals surface area contributed by atoms with Gasteiger partial charge in [-0.25, -0.2) is 4.98 Å². The molecule has 3 rings (SSSR count). The van der Waals surface area contributed by atoms with Gasteiger partial charge in [0.05, 0.1) is 5.56 Å². The Balaban J connectivity index is 1.50. The summed E-state index contributed by atoms with van der Waals surface area (Å²) in [7, 11) is 4.05. The molecule has 144 valence electrons. The van der Waals surface area contributed by atoms with E-state index in [-0.39, 0.29) is 5.91 Å². The summed E-state index contributed by atoms with van der Waals surface area (Å²) in [6.45, 7) is 3.92. The predicted molar refractivity (Wildman–Crippen MR) is 111 cm³/mol. The lowest BCUT2D eigenvalue weighted by atomic mass is 10.2. The summed E-state index contributed by atoms with van der Waals surface area (Å²) < 4.78 is 0. The third-order valence-electron chi connectivity index (χ3n) is 4.70. The SMILES string of the molecule is CN(C)CCCNC(=O)c1ccc(Nc2ccc(N3CCCC3)cc2)nc1. The number of hydrogen-bond donors (Lipinski definition) is 2. The molecule has 0 atom stereocenters. The van der Waals surface area contributed by atoms with Crippen molar-refractivity contribution in [3.8, 4) is 0 Å². The molecule has 6 nitrogen and oxygen atoms in total. The Kier molecular flexibility index (Phi) is 6.65. The van der Waals surface area contributed by atoms with E-state index >= 15 is 0 Å². The van der Waals surface area contributed by atoms with Crippen molar-refractivity contribution in [1.29, 1.82) is 0 Å². The van der Waals surface area contributed by atoms with Crippen LogP contribution in [0.25, 0.3) is 0 Å². The van der Waals surface area contributed by atoms with E-state index in [0.29, 0.717) is 12.1 Å². The van der Waals surface area contributed by atoms with Crippen molar-refractivity contribution in [3.05, 3.63) is 48.2 Å². The second kappa shape index (κ2) is 9.37. The van der Waals surface area contributed by atoms with Crippen LogP contribution in [-0.4, -0.2) is 56.1 Å². The Hall–Kier alpha value is -2.60. The smallest absolute Gasteiger partial charge is 0.252 e. The fraction of sp³-hybridized carbons (Fsp3) is 0.429. The highest BCUT2D eigenvalue weighted by Gasteiger charge is 2.12. The Morgan fingerprint density at radius 2 is 1.85 bits per heavy atom. The van der Waals surface area contributed by atoms with E-state index in [9.17, 15) is 4.79 Å². The van der Waals surface area contributed by atoms with E-state index < -0.39 is 0 Å². The quantitative estimate of drug-likeness (QED) is 0.702. The van der Waals surface area contributed by atoms with Crippen molar-refractivity contribution in [2.45, 2.75) is 19.3 Å². The Morgan fingerprint density at radius 3 is 2.48 bits per heavy atom. The van der Waals surface area contributed by atoms with E-state index in [2.05, 4.69) is 49.7 Å². The molecule has 0 spiro atoms. The first kappa shape index (κ1) is 19.2. The zero-order valence-corrected chi connectivity index (χ0v) is 16.2. The van der Waals surface area contributed by atoms with Gasteiger partial charge >= 0.3 is 0 Å². The standard InChI is InChI=1S/C21H29N5O/c1-25(2)13-5-12-22-21(27)17-6-11-20(23-16-17)24-18-7-9-19(10-8-18)26-14-3-4-15-26/h6-11,16H,3-5,12-15H2,1-2H3,(H,22,27)(H,23,24). The summed E-state index contributed by atoms with van der Waals surface area (Å²) in [6.07, 6.45) is 5.10. The first-order valence-electron chi connectivity index (χ1n) is 9.63. The number of benzene rings is 1. The van der Waals surface area contributed by atoms with Gasteiger partial charge < -0.3 is 20.4 Å². The zero-order chi connectivity index (χ0) is 19.1. The maximum absolute atomic E-state index is 12.1. The van der Waals surface area contributed by atoms with Crippen LogP contribution in [0.2, 0.25) is 0 Å². The average molecular weight is 367 g/mol. The van der Waals surface area contributed by atoms with Crippen LogP contribution in [0, 0.1) is 0 Å². The predicted octanol–water partition coefficient (Wildman–Crippen LogP) is 3.11. The molecule has 2 N–H and O–H groups in total. The van der Waals surface area contributed by atoms with Crippen LogP contribution in [0.5, 0.6) is 0 Å². The number of nitrogens with one attached hydrogen (secondary N) is 2. The highest BCUT2D eigenvalue weighted by molar-refractivity contribution is 5.94. The van der Waals surface area contributed by atoms with Gasteiger partial charge in [0.15, 0.2) is 0 Å². The number of hydrogen-bond acceptors (Lipinski definition) is 5. The van der Waals surface area contributed by atoms with Crippen molar-refractivity contribution in [3.63, 3.8) is 0 Å². The molecule has 2 heterocycles. The lowest BCUT2D eigenvalue weighted by Gasteiger charge is -2.17. The summed E-state index contributed by atoms with van der Waals surface area (Å²) >= 11 is 0. The topological polar surface area (TPSA) is 60.5 Å². The van der Waals surface area contributed by atoms with Gasteiger partial charge in [-0.3, -0.25) is 4.79 Å². The van der Waals surface area contributed by atoms with Crippen LogP contribution in [0.15, 0.2) is 42.6 Å². The summed E-state index contributed by atoms with van der Waals surface area (Å²) in [5.74, 6) is 0.649. The minimum absolute atomic E-state index is 0.0808. The molecule has 1 aliphatic rings. The number of nitrogens with zero attached hydrogens (tertiary/aromatic N) is 3. The normalized spacial score (nSPS) is 13.8. The number of carbonyl (C=O) groups is 1. The highest BCUT2D eigenvalue weighted by atomic mass is 16.1. The van der Waals surface area contributed by atoms with Crippen LogP contribution in [0.3, 0.4) is 0 Å². The zero-order valence-electron chi connectivity index (χ0n) is 16.2. The molecule has 1 amide bonds. The van der Waals surface area contributed by atoms with Crippen LogP contribution in [0.1, 0.15) is 29.6 Å². The molecule has 1 aliphatic heterocycles. The van der Waals surface area contributed by atoms with Crippen LogP contribution < -0.4 is 15.5 Å². The monoisotopic (exact) mass is 367 g/mol. The molecular weight excluding hydrogens is 338 g/mol. The molecule has 1 aromatic heterocycles. The Bertz CT molecular complexity index is 721. The lowest BCUT2D eigenvalue weighted by molar-refractivity contribution is 0.0952. The molecule has 27 heavy (non-hydrogen) atoms. The number of rotatable bonds is 8. The summed E-state index contributed by atoms with van der Waals surface area (Å²) in [5, 5.41) is 6.21. The van der Waals surface area contributed by atoms with Gasteiger partial charge in [0, 0.05) is 37.2 Å². The van der Waals surface area contributed by atoms with Gasteiger partial charge in [-0.05, 0) is 76.3 Å². The van der Waals surface area contributed by atoms with Crippen molar-refractivity contribution in [2.24, 2.45) is 0 Å².